The predicted molar refractivity (Wildman–Crippen MR) is 91.8 cm³/mol. The Morgan fingerprint density at radius 2 is 1.55 bits per heavy atom. The molecule has 2 aromatic rings. The van der Waals surface area contributed by atoms with Crippen LogP contribution in [-0.2, 0) is 9.53 Å². The first kappa shape index (κ1) is 16.6. The summed E-state index contributed by atoms with van der Waals surface area (Å²) in [6.45, 7) is 0. The summed E-state index contributed by atoms with van der Waals surface area (Å²) >= 11 is 1.67. The highest BCUT2D eigenvalue weighted by Gasteiger charge is 2.22. The first-order chi connectivity index (χ1) is 10.7. The van der Waals surface area contributed by atoms with Crippen molar-refractivity contribution in [2.75, 3.05) is 12.0 Å². The topological polar surface area (TPSA) is 52.3 Å². The molecule has 0 amide bonds. The van der Waals surface area contributed by atoms with E-state index in [4.69, 9.17) is 10.5 Å². The first-order valence-corrected chi connectivity index (χ1v) is 8.66. The molecule has 4 heteroatoms. The van der Waals surface area contributed by atoms with Crippen molar-refractivity contribution < 1.29 is 9.53 Å². The van der Waals surface area contributed by atoms with E-state index in [1.54, 1.807) is 11.8 Å². The molecule has 0 spiro atoms. The minimum atomic E-state index is -0.581. The Hall–Kier alpha value is -1.78. The second-order valence-electron chi connectivity index (χ2n) is 5.03. The third kappa shape index (κ3) is 4.61. The Balaban J connectivity index is 2.17. The normalized spacial score (nSPS) is 12.1. The molecule has 0 aliphatic heterocycles. The van der Waals surface area contributed by atoms with E-state index in [-0.39, 0.29) is 5.97 Å². The van der Waals surface area contributed by atoms with Gasteiger partial charge in [0.1, 0.15) is 6.04 Å². The summed E-state index contributed by atoms with van der Waals surface area (Å²) in [6.07, 6.45) is 2.20. The molecule has 0 saturated carbocycles. The molecule has 116 valence electrons. The monoisotopic (exact) mass is 315 g/mol. The zero-order chi connectivity index (χ0) is 15.8. The number of carbonyl (C=O) groups is 1. The van der Waals surface area contributed by atoms with Crippen molar-refractivity contribution in [3.63, 3.8) is 0 Å². The van der Waals surface area contributed by atoms with Gasteiger partial charge in [0, 0.05) is 0 Å². The third-order valence-electron chi connectivity index (χ3n) is 3.37. The highest BCUT2D eigenvalue weighted by Crippen LogP contribution is 2.26. The van der Waals surface area contributed by atoms with Crippen molar-refractivity contribution in [2.45, 2.75) is 18.6 Å². The fraction of sp³-hybridized carbons (Fsp3) is 0.278. The van der Waals surface area contributed by atoms with Gasteiger partial charge in [0.2, 0.25) is 0 Å². The summed E-state index contributed by atoms with van der Waals surface area (Å²) in [5.74, 6) is 0.490. The SMILES string of the molecule is CSCC[C@@H](N)C(=O)OC(c1ccccc1)c1ccccc1. The Morgan fingerprint density at radius 1 is 1.05 bits per heavy atom. The van der Waals surface area contributed by atoms with Crippen molar-refractivity contribution in [3.8, 4) is 0 Å². The van der Waals surface area contributed by atoms with E-state index in [2.05, 4.69) is 0 Å². The molecule has 0 saturated heterocycles. The van der Waals surface area contributed by atoms with Crippen molar-refractivity contribution in [2.24, 2.45) is 5.73 Å². The number of thioether (sulfide) groups is 1. The minimum absolute atomic E-state index is 0.355. The highest BCUT2D eigenvalue weighted by atomic mass is 32.2. The average molecular weight is 315 g/mol. The third-order valence-corrected chi connectivity index (χ3v) is 4.02. The van der Waals surface area contributed by atoms with E-state index >= 15 is 0 Å². The van der Waals surface area contributed by atoms with Crippen LogP contribution in [0.1, 0.15) is 23.7 Å². The van der Waals surface area contributed by atoms with Gasteiger partial charge >= 0.3 is 5.97 Å². The van der Waals surface area contributed by atoms with Gasteiger partial charge in [-0.25, -0.2) is 0 Å². The van der Waals surface area contributed by atoms with Gasteiger partial charge in [-0.15, -0.1) is 0 Å². The Morgan fingerprint density at radius 3 is 2.00 bits per heavy atom. The van der Waals surface area contributed by atoms with E-state index in [1.165, 1.54) is 0 Å². The zero-order valence-electron chi connectivity index (χ0n) is 12.6. The van der Waals surface area contributed by atoms with Gasteiger partial charge in [-0.05, 0) is 29.6 Å². The lowest BCUT2D eigenvalue weighted by molar-refractivity contribution is -0.149. The van der Waals surface area contributed by atoms with Gasteiger partial charge in [0.25, 0.3) is 0 Å². The number of esters is 1. The van der Waals surface area contributed by atoms with Gasteiger partial charge in [0.15, 0.2) is 6.10 Å². The fourth-order valence-corrected chi connectivity index (χ4v) is 2.64. The number of benzene rings is 2. The van der Waals surface area contributed by atoms with Crippen LogP contribution < -0.4 is 5.73 Å². The number of nitrogens with two attached hydrogens (primary N) is 1. The second kappa shape index (κ2) is 8.61. The van der Waals surface area contributed by atoms with Gasteiger partial charge in [0.05, 0.1) is 0 Å². The van der Waals surface area contributed by atoms with Gasteiger partial charge in [-0.2, -0.15) is 11.8 Å². The molecule has 0 fully saturated rings. The standard InChI is InChI=1S/C18H21NO2S/c1-22-13-12-16(19)18(20)21-17(14-8-4-2-5-9-14)15-10-6-3-7-11-15/h2-11,16-17H,12-13,19H2,1H3/t16-/m1/s1. The molecular formula is C18H21NO2S. The lowest BCUT2D eigenvalue weighted by Gasteiger charge is -2.21. The van der Waals surface area contributed by atoms with Crippen LogP contribution >= 0.6 is 11.8 Å². The first-order valence-electron chi connectivity index (χ1n) is 7.27. The Kier molecular flexibility index (Phi) is 6.49. The van der Waals surface area contributed by atoms with Crippen LogP contribution in [0.4, 0.5) is 0 Å². The molecule has 0 aromatic heterocycles. The van der Waals surface area contributed by atoms with Crippen molar-refractivity contribution in [3.05, 3.63) is 71.8 Å². The highest BCUT2D eigenvalue weighted by molar-refractivity contribution is 7.98. The van der Waals surface area contributed by atoms with Crippen LogP contribution in [0.15, 0.2) is 60.7 Å². The Bertz CT molecular complexity index is 535. The summed E-state index contributed by atoms with van der Waals surface area (Å²) in [7, 11) is 0. The molecule has 2 N–H and O–H groups in total. The van der Waals surface area contributed by atoms with Crippen molar-refractivity contribution in [1.82, 2.24) is 0 Å². The minimum Gasteiger partial charge on any atom is -0.451 e. The molecule has 1 atom stereocenters. The van der Waals surface area contributed by atoms with Crippen molar-refractivity contribution in [1.29, 1.82) is 0 Å². The number of ether oxygens (including phenoxy) is 1. The molecule has 2 aromatic carbocycles. The van der Waals surface area contributed by atoms with Gasteiger partial charge in [-0.3, -0.25) is 4.79 Å². The summed E-state index contributed by atoms with van der Waals surface area (Å²) in [4.78, 5) is 12.2. The average Bonchev–Trinajstić information content (AvgIpc) is 2.58. The number of rotatable bonds is 7. The maximum atomic E-state index is 12.2. The largest absolute Gasteiger partial charge is 0.451 e. The predicted octanol–water partition coefficient (Wildman–Crippen LogP) is 3.40. The maximum absolute atomic E-state index is 12.2. The molecular weight excluding hydrogens is 294 g/mol. The van der Waals surface area contributed by atoms with E-state index in [1.807, 2.05) is 66.9 Å². The molecule has 0 unspecified atom stereocenters. The zero-order valence-corrected chi connectivity index (χ0v) is 13.5. The van der Waals surface area contributed by atoms with E-state index < -0.39 is 12.1 Å². The second-order valence-corrected chi connectivity index (χ2v) is 6.01. The number of carbonyl (C=O) groups excluding carboxylic acids is 1. The lowest BCUT2D eigenvalue weighted by atomic mass is 10.0. The van der Waals surface area contributed by atoms with Crippen LogP contribution in [-0.4, -0.2) is 24.0 Å². The molecule has 22 heavy (non-hydrogen) atoms. The lowest BCUT2D eigenvalue weighted by Crippen LogP contribution is -2.34. The van der Waals surface area contributed by atoms with Crippen LogP contribution in [0.3, 0.4) is 0 Å². The van der Waals surface area contributed by atoms with E-state index in [0.717, 1.165) is 16.9 Å². The number of hydrogen-bond donors (Lipinski definition) is 1. The summed E-state index contributed by atoms with van der Waals surface area (Å²) < 4.78 is 5.71. The van der Waals surface area contributed by atoms with Gasteiger partial charge < -0.3 is 10.5 Å². The summed E-state index contributed by atoms with van der Waals surface area (Å²) in [6, 6.07) is 18.9. The molecule has 0 aliphatic rings. The van der Waals surface area contributed by atoms with Crippen LogP contribution in [0.25, 0.3) is 0 Å². The molecule has 2 rings (SSSR count). The molecule has 3 nitrogen and oxygen atoms in total. The summed E-state index contributed by atoms with van der Waals surface area (Å²) in [5, 5.41) is 0. The van der Waals surface area contributed by atoms with Crippen LogP contribution in [0.5, 0.6) is 0 Å². The molecule has 0 bridgehead atoms. The van der Waals surface area contributed by atoms with E-state index in [9.17, 15) is 4.79 Å². The Labute approximate surface area is 135 Å². The van der Waals surface area contributed by atoms with E-state index in [0.29, 0.717) is 6.42 Å². The molecule has 0 heterocycles. The smallest absolute Gasteiger partial charge is 0.323 e. The van der Waals surface area contributed by atoms with Crippen LogP contribution in [0, 0.1) is 0 Å². The number of hydrogen-bond acceptors (Lipinski definition) is 4. The fourth-order valence-electron chi connectivity index (χ4n) is 2.15. The van der Waals surface area contributed by atoms with Gasteiger partial charge in [-0.1, -0.05) is 60.7 Å². The van der Waals surface area contributed by atoms with Crippen molar-refractivity contribution >= 4 is 17.7 Å². The molecule has 0 aliphatic carbocycles. The quantitative estimate of drug-likeness (QED) is 0.796. The maximum Gasteiger partial charge on any atom is 0.323 e. The molecule has 0 radical (unpaired) electrons. The summed E-state index contributed by atoms with van der Waals surface area (Å²) in [5.41, 5.74) is 7.81. The van der Waals surface area contributed by atoms with Crippen LogP contribution in [0.2, 0.25) is 0 Å².